The molecule has 6 nitrogen and oxygen atoms in total. The number of nitrogens with zero attached hydrogens (tertiary/aromatic N) is 4. The zero-order chi connectivity index (χ0) is 23.3. The molecule has 0 atom stereocenters. The molecule has 5 aromatic rings. The fourth-order valence-corrected chi connectivity index (χ4v) is 4.81. The fraction of sp³-hybridized carbons (Fsp3) is 0.111. The molecule has 0 radical (unpaired) electrons. The van der Waals surface area contributed by atoms with Crippen LogP contribution in [0.1, 0.15) is 29.0 Å². The first-order valence-electron chi connectivity index (χ1n) is 11.0. The highest BCUT2D eigenvalue weighted by molar-refractivity contribution is 7.19. The van der Waals surface area contributed by atoms with Crippen LogP contribution < -0.4 is 0 Å². The van der Waals surface area contributed by atoms with Crippen molar-refractivity contribution in [3.63, 3.8) is 0 Å². The number of carboxylic acid groups (broad SMARTS) is 1. The van der Waals surface area contributed by atoms with Gasteiger partial charge in [-0.2, -0.15) is 5.10 Å². The predicted octanol–water partition coefficient (Wildman–Crippen LogP) is 6.01. The quantitative estimate of drug-likeness (QED) is 0.303. The van der Waals surface area contributed by atoms with E-state index in [2.05, 4.69) is 17.1 Å². The lowest BCUT2D eigenvalue weighted by atomic mass is 10.0. The first kappa shape index (κ1) is 21.7. The molecule has 0 amide bonds. The number of rotatable bonds is 8. The van der Waals surface area contributed by atoms with Gasteiger partial charge in [0.2, 0.25) is 0 Å². The molecule has 0 unspecified atom stereocenters. The molecular formula is C27H22N4O2S. The maximum Gasteiger partial charge on any atom is 0.303 e. The Morgan fingerprint density at radius 3 is 2.59 bits per heavy atom. The Hall–Kier alpha value is -4.10. The van der Waals surface area contributed by atoms with Gasteiger partial charge in [0, 0.05) is 36.1 Å². The molecule has 0 aliphatic carbocycles. The van der Waals surface area contributed by atoms with E-state index in [4.69, 9.17) is 10.1 Å². The third kappa shape index (κ3) is 4.94. The predicted molar refractivity (Wildman–Crippen MR) is 135 cm³/mol. The smallest absolute Gasteiger partial charge is 0.303 e. The average molecular weight is 467 g/mol. The van der Waals surface area contributed by atoms with Gasteiger partial charge in [0.05, 0.1) is 16.8 Å². The lowest BCUT2D eigenvalue weighted by molar-refractivity contribution is -0.136. The average Bonchev–Trinajstić information content (AvgIpc) is 3.46. The fourth-order valence-electron chi connectivity index (χ4n) is 3.80. The van der Waals surface area contributed by atoms with E-state index in [9.17, 15) is 9.90 Å². The lowest BCUT2D eigenvalue weighted by Gasteiger charge is -2.04. The number of allylic oxidation sites excluding steroid dienone is 1. The van der Waals surface area contributed by atoms with Crippen molar-refractivity contribution in [2.24, 2.45) is 0 Å². The van der Waals surface area contributed by atoms with Gasteiger partial charge in [0.1, 0.15) is 10.7 Å². The number of carbonyl (C=O) groups is 1. The van der Waals surface area contributed by atoms with E-state index < -0.39 is 5.97 Å². The van der Waals surface area contributed by atoms with Crippen molar-refractivity contribution in [2.75, 3.05) is 0 Å². The summed E-state index contributed by atoms with van der Waals surface area (Å²) in [5.41, 5.74) is 5.56. The Labute approximate surface area is 200 Å². The molecule has 34 heavy (non-hydrogen) atoms. The highest BCUT2D eigenvalue weighted by Crippen LogP contribution is 2.33. The molecule has 0 bridgehead atoms. The van der Waals surface area contributed by atoms with Crippen molar-refractivity contribution in [3.05, 3.63) is 101 Å². The van der Waals surface area contributed by atoms with Gasteiger partial charge in [-0.3, -0.25) is 14.5 Å². The maximum absolute atomic E-state index is 11.4. The van der Waals surface area contributed by atoms with Gasteiger partial charge in [0.25, 0.3) is 0 Å². The molecule has 7 heteroatoms. The highest BCUT2D eigenvalue weighted by atomic mass is 32.1. The van der Waals surface area contributed by atoms with E-state index in [0.29, 0.717) is 13.0 Å². The van der Waals surface area contributed by atoms with Gasteiger partial charge in [-0.05, 0) is 47.9 Å². The van der Waals surface area contributed by atoms with E-state index in [1.54, 1.807) is 23.7 Å². The normalized spacial score (nSPS) is 11.7. The minimum absolute atomic E-state index is 0.0299. The summed E-state index contributed by atoms with van der Waals surface area (Å²) in [6.07, 6.45) is 7.97. The topological polar surface area (TPSA) is 80.9 Å². The summed E-state index contributed by atoms with van der Waals surface area (Å²) in [5, 5.41) is 15.0. The Balaban J connectivity index is 1.60. The zero-order valence-electron chi connectivity index (χ0n) is 18.3. The van der Waals surface area contributed by atoms with E-state index >= 15 is 0 Å². The van der Waals surface area contributed by atoms with Crippen LogP contribution in [0.25, 0.3) is 33.1 Å². The van der Waals surface area contributed by atoms with Crippen LogP contribution in [0.3, 0.4) is 0 Å². The third-order valence-corrected chi connectivity index (χ3v) is 6.53. The Morgan fingerprint density at radius 2 is 1.82 bits per heavy atom. The van der Waals surface area contributed by atoms with Gasteiger partial charge >= 0.3 is 5.97 Å². The van der Waals surface area contributed by atoms with Crippen LogP contribution in [0.2, 0.25) is 0 Å². The summed E-state index contributed by atoms with van der Waals surface area (Å²) >= 11 is 1.58. The van der Waals surface area contributed by atoms with Crippen molar-refractivity contribution in [1.82, 2.24) is 19.7 Å². The van der Waals surface area contributed by atoms with E-state index in [1.807, 2.05) is 71.6 Å². The highest BCUT2D eigenvalue weighted by Gasteiger charge is 2.15. The molecule has 168 valence electrons. The Kier molecular flexibility index (Phi) is 6.27. The van der Waals surface area contributed by atoms with Crippen LogP contribution in [-0.4, -0.2) is 30.8 Å². The maximum atomic E-state index is 11.4. The number of benzene rings is 2. The molecule has 5 rings (SSSR count). The summed E-state index contributed by atoms with van der Waals surface area (Å²) in [4.78, 5) is 20.4. The van der Waals surface area contributed by atoms with Gasteiger partial charge in [-0.15, -0.1) is 11.3 Å². The number of para-hydroxylation sites is 1. The number of thiazole rings is 1. The van der Waals surface area contributed by atoms with E-state index in [-0.39, 0.29) is 6.42 Å². The van der Waals surface area contributed by atoms with Crippen LogP contribution in [0.5, 0.6) is 0 Å². The first-order chi connectivity index (χ1) is 16.7. The second-order valence-corrected chi connectivity index (χ2v) is 8.94. The standard InChI is InChI=1S/C27H22N4O2S/c32-25(33)13-12-20(27-29-23-10-4-5-11-24(23)34-27)15-22-18-31(17-19-7-2-1-3-8-19)30-26(22)21-9-6-14-28-16-21/h1-11,14-16,18H,12-13,17H2,(H,32,33)/b20-15+. The second kappa shape index (κ2) is 9.80. The summed E-state index contributed by atoms with van der Waals surface area (Å²) in [7, 11) is 0. The number of aliphatic carboxylic acids is 1. The molecule has 0 aliphatic heterocycles. The number of fused-ring (bicyclic) bond motifs is 1. The molecular weight excluding hydrogens is 444 g/mol. The number of aromatic nitrogens is 4. The number of pyridine rings is 1. The van der Waals surface area contributed by atoms with Crippen molar-refractivity contribution < 1.29 is 9.90 Å². The molecule has 1 N–H and O–H groups in total. The van der Waals surface area contributed by atoms with Crippen LogP contribution in [-0.2, 0) is 11.3 Å². The molecule has 0 fully saturated rings. The Morgan fingerprint density at radius 1 is 1.00 bits per heavy atom. The van der Waals surface area contributed by atoms with Crippen molar-refractivity contribution >= 4 is 39.2 Å². The van der Waals surface area contributed by atoms with Crippen molar-refractivity contribution in [1.29, 1.82) is 0 Å². The van der Waals surface area contributed by atoms with Crippen LogP contribution >= 0.6 is 11.3 Å². The SMILES string of the molecule is O=C(O)CC/C(=C\c1cn(Cc2ccccc2)nc1-c1cccnc1)c1nc2ccccc2s1. The van der Waals surface area contributed by atoms with Crippen LogP contribution in [0, 0.1) is 0 Å². The van der Waals surface area contributed by atoms with Gasteiger partial charge in [-0.25, -0.2) is 4.98 Å². The van der Waals surface area contributed by atoms with Gasteiger partial charge in [-0.1, -0.05) is 42.5 Å². The summed E-state index contributed by atoms with van der Waals surface area (Å²) in [6, 6.07) is 22.0. The second-order valence-electron chi connectivity index (χ2n) is 7.91. The zero-order valence-corrected chi connectivity index (χ0v) is 19.2. The van der Waals surface area contributed by atoms with Gasteiger partial charge < -0.3 is 5.11 Å². The van der Waals surface area contributed by atoms with Gasteiger partial charge in [0.15, 0.2) is 0 Å². The van der Waals surface area contributed by atoms with Crippen LogP contribution in [0.4, 0.5) is 0 Å². The van der Waals surface area contributed by atoms with Crippen molar-refractivity contribution in [3.8, 4) is 11.3 Å². The number of hydrogen-bond acceptors (Lipinski definition) is 5. The third-order valence-electron chi connectivity index (χ3n) is 5.42. The molecule has 0 saturated heterocycles. The van der Waals surface area contributed by atoms with Crippen molar-refractivity contribution in [2.45, 2.75) is 19.4 Å². The molecule has 0 spiro atoms. The summed E-state index contributed by atoms with van der Waals surface area (Å²) < 4.78 is 2.99. The summed E-state index contributed by atoms with van der Waals surface area (Å²) in [5.74, 6) is -0.834. The minimum atomic E-state index is -0.834. The monoisotopic (exact) mass is 466 g/mol. The minimum Gasteiger partial charge on any atom is -0.481 e. The summed E-state index contributed by atoms with van der Waals surface area (Å²) in [6.45, 7) is 0.632. The van der Waals surface area contributed by atoms with Crippen LogP contribution in [0.15, 0.2) is 85.3 Å². The Bertz CT molecular complexity index is 1420. The largest absolute Gasteiger partial charge is 0.481 e. The van der Waals surface area contributed by atoms with E-state index in [0.717, 1.165) is 43.2 Å². The molecule has 2 aromatic carbocycles. The molecule has 3 aromatic heterocycles. The lowest BCUT2D eigenvalue weighted by Crippen LogP contribution is -2.00. The first-order valence-corrected chi connectivity index (χ1v) is 11.8. The van der Waals surface area contributed by atoms with E-state index in [1.165, 1.54) is 0 Å². The molecule has 0 saturated carbocycles. The number of hydrogen-bond donors (Lipinski definition) is 1. The molecule has 3 heterocycles. The molecule has 0 aliphatic rings. The number of carboxylic acids is 1.